The lowest BCUT2D eigenvalue weighted by molar-refractivity contribution is 0.289. The van der Waals surface area contributed by atoms with Crippen molar-refractivity contribution in [1.82, 2.24) is 0 Å². The maximum Gasteiger partial charge on any atom is 0.160 e. The molecule has 0 aliphatic rings. The highest BCUT2D eigenvalue weighted by atomic mass is 16.5. The molecule has 0 fully saturated rings. The molecule has 1 aromatic rings. The Bertz CT molecular complexity index is 258. The van der Waals surface area contributed by atoms with Gasteiger partial charge in [-0.3, -0.25) is 0 Å². The summed E-state index contributed by atoms with van der Waals surface area (Å²) in [6, 6.07) is 7.77. The highest BCUT2D eigenvalue weighted by molar-refractivity contribution is 5.37. The molecule has 0 heterocycles. The lowest BCUT2D eigenvalue weighted by Gasteiger charge is -2.06. The predicted octanol–water partition coefficient (Wildman–Crippen LogP) is 3.15. The summed E-state index contributed by atoms with van der Waals surface area (Å²) in [4.78, 5) is 0. The highest BCUT2D eigenvalue weighted by Gasteiger charge is 1.99. The van der Waals surface area contributed by atoms with Crippen LogP contribution in [-0.2, 0) is 0 Å². The van der Waals surface area contributed by atoms with Gasteiger partial charge in [0, 0.05) is 0 Å². The van der Waals surface area contributed by atoms with E-state index in [0.29, 0.717) is 12.4 Å². The van der Waals surface area contributed by atoms with Crippen molar-refractivity contribution in [2.45, 2.75) is 32.6 Å². The van der Waals surface area contributed by atoms with Crippen molar-refractivity contribution in [1.29, 1.82) is 0 Å². The summed E-state index contributed by atoms with van der Waals surface area (Å²) in [6.45, 7) is 2.86. The standard InChI is InChI=1S/C12H17O2/c1-2-3-4-7-10-14-12-9-6-5-8-11(12)13/h6,8-9,13H,2-4,7,10H2,1H3. The smallest absolute Gasteiger partial charge is 0.160 e. The molecule has 1 rings (SSSR count). The number of hydrogen-bond acceptors (Lipinski definition) is 2. The molecule has 0 amide bonds. The van der Waals surface area contributed by atoms with Gasteiger partial charge in [-0.15, -0.1) is 0 Å². The topological polar surface area (TPSA) is 29.5 Å². The van der Waals surface area contributed by atoms with E-state index in [2.05, 4.69) is 13.0 Å². The second-order valence-electron chi connectivity index (χ2n) is 3.30. The van der Waals surface area contributed by atoms with Gasteiger partial charge in [0.2, 0.25) is 0 Å². The Morgan fingerprint density at radius 3 is 2.93 bits per heavy atom. The molecule has 2 heteroatoms. The van der Waals surface area contributed by atoms with Crippen LogP contribution in [0.25, 0.3) is 0 Å². The second-order valence-corrected chi connectivity index (χ2v) is 3.30. The van der Waals surface area contributed by atoms with Crippen LogP contribution < -0.4 is 4.74 Å². The molecular weight excluding hydrogens is 176 g/mol. The second kappa shape index (κ2) is 6.30. The Morgan fingerprint density at radius 1 is 1.36 bits per heavy atom. The fraction of sp³-hybridized carbons (Fsp3) is 0.500. The molecule has 0 aromatic heterocycles. The van der Waals surface area contributed by atoms with Gasteiger partial charge in [0.25, 0.3) is 0 Å². The Labute approximate surface area is 85.5 Å². The lowest BCUT2D eigenvalue weighted by Crippen LogP contribution is -1.97. The molecule has 1 aromatic carbocycles. The first-order chi connectivity index (χ1) is 6.84. The highest BCUT2D eigenvalue weighted by Crippen LogP contribution is 2.24. The first kappa shape index (κ1) is 10.9. The van der Waals surface area contributed by atoms with Gasteiger partial charge in [0.15, 0.2) is 11.5 Å². The zero-order chi connectivity index (χ0) is 10.2. The summed E-state index contributed by atoms with van der Waals surface area (Å²) in [5, 5.41) is 9.36. The quantitative estimate of drug-likeness (QED) is 0.703. The number of rotatable bonds is 6. The van der Waals surface area contributed by atoms with Gasteiger partial charge >= 0.3 is 0 Å². The maximum atomic E-state index is 9.36. The van der Waals surface area contributed by atoms with Crippen molar-refractivity contribution in [3.8, 4) is 11.5 Å². The lowest BCUT2D eigenvalue weighted by atomic mass is 10.2. The summed E-state index contributed by atoms with van der Waals surface area (Å²) in [5.41, 5.74) is 0. The maximum absolute atomic E-state index is 9.36. The van der Waals surface area contributed by atoms with Gasteiger partial charge in [-0.05, 0) is 24.6 Å². The van der Waals surface area contributed by atoms with Crippen LogP contribution in [0.2, 0.25) is 0 Å². The zero-order valence-electron chi connectivity index (χ0n) is 8.62. The normalized spacial score (nSPS) is 10.1. The Morgan fingerprint density at radius 2 is 2.21 bits per heavy atom. The van der Waals surface area contributed by atoms with Crippen LogP contribution in [0.3, 0.4) is 0 Å². The van der Waals surface area contributed by atoms with Crippen molar-refractivity contribution in [3.63, 3.8) is 0 Å². The number of aromatic hydroxyl groups is 1. The van der Waals surface area contributed by atoms with Crippen molar-refractivity contribution < 1.29 is 9.84 Å². The van der Waals surface area contributed by atoms with Crippen molar-refractivity contribution in [2.24, 2.45) is 0 Å². The molecule has 0 aliphatic carbocycles. The van der Waals surface area contributed by atoms with E-state index >= 15 is 0 Å². The van der Waals surface area contributed by atoms with E-state index < -0.39 is 0 Å². The Kier molecular flexibility index (Phi) is 4.90. The molecule has 0 bridgehead atoms. The van der Waals surface area contributed by atoms with Crippen LogP contribution in [-0.4, -0.2) is 11.7 Å². The Hall–Kier alpha value is -1.18. The minimum absolute atomic E-state index is 0.169. The number of benzene rings is 1. The summed E-state index contributed by atoms with van der Waals surface area (Å²) in [5.74, 6) is 0.725. The minimum Gasteiger partial charge on any atom is -0.504 e. The van der Waals surface area contributed by atoms with Gasteiger partial charge in [-0.25, -0.2) is 0 Å². The van der Waals surface area contributed by atoms with Gasteiger partial charge in [-0.1, -0.05) is 32.3 Å². The predicted molar refractivity (Wildman–Crippen MR) is 56.6 cm³/mol. The molecule has 0 saturated heterocycles. The van der Waals surface area contributed by atoms with Crippen molar-refractivity contribution in [2.75, 3.05) is 6.61 Å². The SMILES string of the molecule is CCCCCCOc1cc[c]cc1O. The molecule has 0 spiro atoms. The van der Waals surface area contributed by atoms with Gasteiger partial charge in [0.1, 0.15) is 0 Å². The molecule has 0 saturated carbocycles. The van der Waals surface area contributed by atoms with Crippen molar-refractivity contribution >= 4 is 0 Å². The van der Waals surface area contributed by atoms with Crippen LogP contribution in [0.5, 0.6) is 11.5 Å². The van der Waals surface area contributed by atoms with E-state index in [1.165, 1.54) is 25.3 Å². The van der Waals surface area contributed by atoms with Crippen LogP contribution >= 0.6 is 0 Å². The van der Waals surface area contributed by atoms with Crippen LogP contribution in [0, 0.1) is 6.07 Å². The van der Waals surface area contributed by atoms with E-state index in [0.717, 1.165) is 6.42 Å². The van der Waals surface area contributed by atoms with Gasteiger partial charge in [-0.2, -0.15) is 0 Å². The first-order valence-corrected chi connectivity index (χ1v) is 5.16. The molecule has 0 unspecified atom stereocenters. The third-order valence-electron chi connectivity index (χ3n) is 2.06. The van der Waals surface area contributed by atoms with Crippen molar-refractivity contribution in [3.05, 3.63) is 24.3 Å². The summed E-state index contributed by atoms with van der Waals surface area (Å²) >= 11 is 0. The van der Waals surface area contributed by atoms with Crippen LogP contribution in [0.15, 0.2) is 18.2 Å². The molecule has 1 radical (unpaired) electrons. The molecule has 2 nitrogen and oxygen atoms in total. The molecule has 1 N–H and O–H groups in total. The number of phenols is 1. The minimum atomic E-state index is 0.169. The Balaban J connectivity index is 2.21. The first-order valence-electron chi connectivity index (χ1n) is 5.16. The molecule has 77 valence electrons. The summed E-state index contributed by atoms with van der Waals surface area (Å²) < 4.78 is 5.41. The van der Waals surface area contributed by atoms with Crippen LogP contribution in [0.1, 0.15) is 32.6 Å². The average Bonchev–Trinajstić information content (AvgIpc) is 2.20. The van der Waals surface area contributed by atoms with E-state index in [1.807, 2.05) is 0 Å². The average molecular weight is 193 g/mol. The van der Waals surface area contributed by atoms with E-state index in [9.17, 15) is 5.11 Å². The molecular formula is C12H17O2. The number of unbranched alkanes of at least 4 members (excludes halogenated alkanes) is 3. The third kappa shape index (κ3) is 3.69. The van der Waals surface area contributed by atoms with Gasteiger partial charge < -0.3 is 9.84 Å². The summed E-state index contributed by atoms with van der Waals surface area (Å²) in [7, 11) is 0. The fourth-order valence-corrected chi connectivity index (χ4v) is 1.24. The van der Waals surface area contributed by atoms with E-state index in [-0.39, 0.29) is 5.75 Å². The van der Waals surface area contributed by atoms with Gasteiger partial charge in [0.05, 0.1) is 6.61 Å². The number of hydrogen-bond donors (Lipinski definition) is 1. The third-order valence-corrected chi connectivity index (χ3v) is 2.06. The largest absolute Gasteiger partial charge is 0.504 e. The monoisotopic (exact) mass is 193 g/mol. The molecule has 14 heavy (non-hydrogen) atoms. The number of phenolic OH excluding ortho intramolecular Hbond substituents is 1. The molecule has 0 aliphatic heterocycles. The molecule has 0 atom stereocenters. The van der Waals surface area contributed by atoms with E-state index in [4.69, 9.17) is 4.74 Å². The number of ether oxygens (including phenoxy) is 1. The summed E-state index contributed by atoms with van der Waals surface area (Å²) in [6.07, 6.45) is 4.71. The van der Waals surface area contributed by atoms with E-state index in [1.54, 1.807) is 12.1 Å². The zero-order valence-corrected chi connectivity index (χ0v) is 8.62. The fourth-order valence-electron chi connectivity index (χ4n) is 1.24. The van der Waals surface area contributed by atoms with Crippen LogP contribution in [0.4, 0.5) is 0 Å².